The van der Waals surface area contributed by atoms with Crippen LogP contribution in [0.5, 0.6) is 0 Å². The molecule has 2 rings (SSSR count). The van der Waals surface area contributed by atoms with Gasteiger partial charge in [-0.2, -0.15) is 11.8 Å². The molecule has 0 saturated carbocycles. The molecular weight excluding hydrogens is 249 g/mol. The van der Waals surface area contributed by atoms with Gasteiger partial charge in [-0.25, -0.2) is 4.39 Å². The normalized spacial score (nSPS) is 22.1. The minimum absolute atomic E-state index is 0.242. The molecule has 4 heteroatoms. The summed E-state index contributed by atoms with van der Waals surface area (Å²) in [6.07, 6.45) is -0.639. The molecule has 18 heavy (non-hydrogen) atoms. The zero-order valence-corrected chi connectivity index (χ0v) is 11.9. The van der Waals surface area contributed by atoms with Crippen LogP contribution in [0.1, 0.15) is 31.1 Å². The average Bonchev–Trinajstić information content (AvgIpc) is 2.31. The Balaban J connectivity index is 2.38. The molecule has 1 N–H and O–H groups in total. The van der Waals surface area contributed by atoms with E-state index in [1.807, 2.05) is 17.8 Å². The second-order valence-corrected chi connectivity index (χ2v) is 6.51. The molecule has 2 atom stereocenters. The van der Waals surface area contributed by atoms with Gasteiger partial charge in [-0.15, -0.1) is 0 Å². The van der Waals surface area contributed by atoms with Crippen LogP contribution in [-0.4, -0.2) is 29.2 Å². The van der Waals surface area contributed by atoms with Crippen molar-refractivity contribution in [2.75, 3.05) is 23.7 Å². The third kappa shape index (κ3) is 2.81. The van der Waals surface area contributed by atoms with E-state index < -0.39 is 6.10 Å². The first-order valence-electron chi connectivity index (χ1n) is 6.33. The van der Waals surface area contributed by atoms with E-state index >= 15 is 0 Å². The number of aliphatic hydroxyl groups excluding tert-OH is 1. The monoisotopic (exact) mass is 269 g/mol. The van der Waals surface area contributed by atoms with Crippen LogP contribution in [0.15, 0.2) is 12.1 Å². The van der Waals surface area contributed by atoms with Gasteiger partial charge in [0.05, 0.1) is 6.10 Å². The first kappa shape index (κ1) is 13.7. The molecule has 1 aliphatic rings. The van der Waals surface area contributed by atoms with Crippen molar-refractivity contribution in [3.05, 3.63) is 29.1 Å². The Labute approximate surface area is 112 Å². The fourth-order valence-electron chi connectivity index (χ4n) is 2.33. The summed E-state index contributed by atoms with van der Waals surface area (Å²) in [6, 6.07) is 3.34. The molecule has 0 aliphatic carbocycles. The van der Waals surface area contributed by atoms with Crippen LogP contribution in [0, 0.1) is 12.7 Å². The quantitative estimate of drug-likeness (QED) is 0.892. The highest BCUT2D eigenvalue weighted by Crippen LogP contribution is 2.32. The summed E-state index contributed by atoms with van der Waals surface area (Å²) in [6.45, 7) is 7.58. The molecule has 0 aromatic heterocycles. The van der Waals surface area contributed by atoms with Gasteiger partial charge in [0, 0.05) is 35.3 Å². The zero-order chi connectivity index (χ0) is 13.3. The van der Waals surface area contributed by atoms with E-state index in [1.165, 1.54) is 6.07 Å². The molecule has 0 radical (unpaired) electrons. The summed E-state index contributed by atoms with van der Waals surface area (Å²) in [7, 11) is 0. The smallest absolute Gasteiger partial charge is 0.126 e. The van der Waals surface area contributed by atoms with Crippen molar-refractivity contribution < 1.29 is 9.50 Å². The Morgan fingerprint density at radius 1 is 1.50 bits per heavy atom. The molecule has 0 bridgehead atoms. The van der Waals surface area contributed by atoms with Crippen molar-refractivity contribution in [3.63, 3.8) is 0 Å². The number of rotatable bonds is 2. The van der Waals surface area contributed by atoms with Crippen LogP contribution in [0.4, 0.5) is 10.1 Å². The Morgan fingerprint density at radius 2 is 2.22 bits per heavy atom. The van der Waals surface area contributed by atoms with Gasteiger partial charge in [0.2, 0.25) is 0 Å². The number of hydrogen-bond acceptors (Lipinski definition) is 3. The second kappa shape index (κ2) is 5.49. The summed E-state index contributed by atoms with van der Waals surface area (Å²) < 4.78 is 13.6. The fraction of sp³-hybridized carbons (Fsp3) is 0.571. The number of aryl methyl sites for hydroxylation is 1. The van der Waals surface area contributed by atoms with Crippen molar-refractivity contribution >= 4 is 17.4 Å². The standard InChI is InChI=1S/C14H20FNOS/c1-9-6-14(12(11(3)17)7-13(9)15)16-4-5-18-10(2)8-16/h6-7,10-11,17H,4-5,8H2,1-3H3/t10?,11-/m1/s1. The van der Waals surface area contributed by atoms with Gasteiger partial charge in [0.1, 0.15) is 5.82 Å². The summed E-state index contributed by atoms with van der Waals surface area (Å²) in [5, 5.41) is 10.4. The fourth-order valence-corrected chi connectivity index (χ4v) is 3.34. The predicted octanol–water partition coefficient (Wildman–Crippen LogP) is 3.13. The van der Waals surface area contributed by atoms with Crippen LogP contribution in [0.25, 0.3) is 0 Å². The first-order chi connectivity index (χ1) is 8.49. The van der Waals surface area contributed by atoms with Gasteiger partial charge in [-0.3, -0.25) is 0 Å². The molecule has 1 aromatic rings. The number of halogens is 1. The number of thioether (sulfide) groups is 1. The van der Waals surface area contributed by atoms with Gasteiger partial charge in [0.25, 0.3) is 0 Å². The molecule has 1 aliphatic heterocycles. The summed E-state index contributed by atoms with van der Waals surface area (Å²) in [5.41, 5.74) is 2.31. The van der Waals surface area contributed by atoms with E-state index in [1.54, 1.807) is 13.8 Å². The third-order valence-corrected chi connectivity index (χ3v) is 4.48. The SMILES string of the molecule is Cc1cc(N2CCSC(C)C2)c([C@@H](C)O)cc1F. The van der Waals surface area contributed by atoms with E-state index in [9.17, 15) is 9.50 Å². The molecule has 1 aromatic carbocycles. The van der Waals surface area contributed by atoms with Crippen LogP contribution >= 0.6 is 11.8 Å². The lowest BCUT2D eigenvalue weighted by Crippen LogP contribution is -2.37. The average molecular weight is 269 g/mol. The van der Waals surface area contributed by atoms with Gasteiger partial charge in [-0.05, 0) is 31.5 Å². The van der Waals surface area contributed by atoms with E-state index in [4.69, 9.17) is 0 Å². The summed E-state index contributed by atoms with van der Waals surface area (Å²) in [5.74, 6) is 0.839. The Kier molecular flexibility index (Phi) is 4.17. The maximum atomic E-state index is 13.6. The minimum atomic E-state index is -0.639. The maximum absolute atomic E-state index is 13.6. The minimum Gasteiger partial charge on any atom is -0.389 e. The second-order valence-electron chi connectivity index (χ2n) is 4.96. The van der Waals surface area contributed by atoms with Crippen LogP contribution in [0.3, 0.4) is 0 Å². The van der Waals surface area contributed by atoms with Crippen molar-refractivity contribution in [3.8, 4) is 0 Å². The van der Waals surface area contributed by atoms with Crippen molar-refractivity contribution in [2.45, 2.75) is 32.1 Å². The number of benzene rings is 1. The molecular formula is C14H20FNOS. The maximum Gasteiger partial charge on any atom is 0.126 e. The Morgan fingerprint density at radius 3 is 2.83 bits per heavy atom. The Bertz CT molecular complexity index is 436. The van der Waals surface area contributed by atoms with E-state index in [2.05, 4.69) is 11.8 Å². The van der Waals surface area contributed by atoms with Gasteiger partial charge in [0.15, 0.2) is 0 Å². The van der Waals surface area contributed by atoms with Crippen molar-refractivity contribution in [1.82, 2.24) is 0 Å². The number of hydrogen-bond donors (Lipinski definition) is 1. The van der Waals surface area contributed by atoms with Crippen LogP contribution in [0.2, 0.25) is 0 Å². The molecule has 1 unspecified atom stereocenters. The van der Waals surface area contributed by atoms with Crippen LogP contribution < -0.4 is 4.90 Å². The van der Waals surface area contributed by atoms with E-state index in [0.717, 1.165) is 24.5 Å². The lowest BCUT2D eigenvalue weighted by atomic mass is 10.0. The van der Waals surface area contributed by atoms with E-state index in [-0.39, 0.29) is 5.82 Å². The first-order valence-corrected chi connectivity index (χ1v) is 7.38. The summed E-state index contributed by atoms with van der Waals surface area (Å²) in [4.78, 5) is 2.26. The molecule has 1 saturated heterocycles. The predicted molar refractivity (Wildman–Crippen MR) is 75.9 cm³/mol. The number of nitrogens with zero attached hydrogens (tertiary/aromatic N) is 1. The number of aliphatic hydroxyl groups is 1. The van der Waals surface area contributed by atoms with E-state index in [0.29, 0.717) is 16.4 Å². The number of anilines is 1. The largest absolute Gasteiger partial charge is 0.389 e. The van der Waals surface area contributed by atoms with Crippen LogP contribution in [-0.2, 0) is 0 Å². The zero-order valence-electron chi connectivity index (χ0n) is 11.1. The Hall–Kier alpha value is -0.740. The highest BCUT2D eigenvalue weighted by Gasteiger charge is 2.21. The molecule has 0 amide bonds. The van der Waals surface area contributed by atoms with Crippen molar-refractivity contribution in [2.24, 2.45) is 0 Å². The molecule has 1 fully saturated rings. The molecule has 1 heterocycles. The van der Waals surface area contributed by atoms with Gasteiger partial charge < -0.3 is 10.0 Å². The van der Waals surface area contributed by atoms with Gasteiger partial charge in [-0.1, -0.05) is 6.92 Å². The molecule has 2 nitrogen and oxygen atoms in total. The molecule has 0 spiro atoms. The third-order valence-electron chi connectivity index (χ3n) is 3.34. The lowest BCUT2D eigenvalue weighted by Gasteiger charge is -2.34. The highest BCUT2D eigenvalue weighted by molar-refractivity contribution is 8.00. The molecule has 100 valence electrons. The topological polar surface area (TPSA) is 23.5 Å². The summed E-state index contributed by atoms with van der Waals surface area (Å²) >= 11 is 1.96. The van der Waals surface area contributed by atoms with Gasteiger partial charge >= 0.3 is 0 Å². The lowest BCUT2D eigenvalue weighted by molar-refractivity contribution is 0.199. The highest BCUT2D eigenvalue weighted by atomic mass is 32.2. The van der Waals surface area contributed by atoms with Crippen molar-refractivity contribution in [1.29, 1.82) is 0 Å².